The molecule has 0 radical (unpaired) electrons. The Morgan fingerprint density at radius 1 is 1.13 bits per heavy atom. The van der Waals surface area contributed by atoms with Crippen LogP contribution in [0.3, 0.4) is 0 Å². The van der Waals surface area contributed by atoms with Crippen LogP contribution in [0.5, 0.6) is 0 Å². The maximum atomic E-state index is 12.3. The Morgan fingerprint density at radius 2 is 1.91 bits per heavy atom. The average molecular weight is 307 g/mol. The maximum Gasteiger partial charge on any atom is 0.251 e. The molecule has 0 aliphatic carbocycles. The molecular weight excluding hydrogens is 290 g/mol. The zero-order chi connectivity index (χ0) is 15.6. The molecular formula is C17H17N5O. The number of carbonyl (C=O) groups excluding carboxylic acids is 1. The first kappa shape index (κ1) is 13.8. The molecule has 6 nitrogen and oxygen atoms in total. The molecule has 1 aromatic carbocycles. The highest BCUT2D eigenvalue weighted by atomic mass is 16.1. The van der Waals surface area contributed by atoms with E-state index in [1.54, 1.807) is 0 Å². The fourth-order valence-corrected chi connectivity index (χ4v) is 2.89. The molecule has 1 aliphatic heterocycles. The van der Waals surface area contributed by atoms with Crippen LogP contribution in [0.2, 0.25) is 0 Å². The van der Waals surface area contributed by atoms with Crippen molar-refractivity contribution in [2.45, 2.75) is 25.9 Å². The SMILES string of the molecule is O=C(NCc1nnc2n1CCC2)c1ccc(-n2cccc2)cc1. The molecule has 0 saturated carbocycles. The molecule has 1 aliphatic rings. The topological polar surface area (TPSA) is 64.7 Å². The Kier molecular flexibility index (Phi) is 3.42. The van der Waals surface area contributed by atoms with Gasteiger partial charge in [-0.2, -0.15) is 0 Å². The largest absolute Gasteiger partial charge is 0.345 e. The first-order valence-electron chi connectivity index (χ1n) is 7.74. The predicted octanol–water partition coefficient (Wildman–Crippen LogP) is 1.94. The van der Waals surface area contributed by atoms with Gasteiger partial charge in [0.1, 0.15) is 5.82 Å². The van der Waals surface area contributed by atoms with E-state index in [9.17, 15) is 4.79 Å². The van der Waals surface area contributed by atoms with Gasteiger partial charge in [0.2, 0.25) is 0 Å². The van der Waals surface area contributed by atoms with Gasteiger partial charge in [-0.25, -0.2) is 0 Å². The second-order valence-corrected chi connectivity index (χ2v) is 5.61. The number of amides is 1. The lowest BCUT2D eigenvalue weighted by Gasteiger charge is -2.07. The van der Waals surface area contributed by atoms with Gasteiger partial charge in [-0.3, -0.25) is 4.79 Å². The Hall–Kier alpha value is -2.89. The number of hydrogen-bond donors (Lipinski definition) is 1. The summed E-state index contributed by atoms with van der Waals surface area (Å²) in [6, 6.07) is 11.5. The molecule has 3 aromatic rings. The van der Waals surface area contributed by atoms with Crippen molar-refractivity contribution in [1.82, 2.24) is 24.6 Å². The van der Waals surface area contributed by atoms with Crippen LogP contribution in [0.25, 0.3) is 5.69 Å². The minimum absolute atomic E-state index is 0.0978. The third kappa shape index (κ3) is 2.63. The standard InChI is InChI=1S/C17H17N5O/c23-17(18-12-16-20-19-15-4-3-11-22(15)16)13-5-7-14(8-6-13)21-9-1-2-10-21/h1-2,5-10H,3-4,11-12H2,(H,18,23). The lowest BCUT2D eigenvalue weighted by atomic mass is 10.2. The molecule has 116 valence electrons. The van der Waals surface area contributed by atoms with Crippen molar-refractivity contribution in [2.24, 2.45) is 0 Å². The molecule has 1 N–H and O–H groups in total. The molecule has 3 heterocycles. The number of fused-ring (bicyclic) bond motifs is 1. The lowest BCUT2D eigenvalue weighted by Crippen LogP contribution is -2.24. The third-order valence-corrected chi connectivity index (χ3v) is 4.13. The average Bonchev–Trinajstić information content (AvgIpc) is 3.31. The van der Waals surface area contributed by atoms with Crippen LogP contribution < -0.4 is 5.32 Å². The summed E-state index contributed by atoms with van der Waals surface area (Å²) >= 11 is 0. The molecule has 0 saturated heterocycles. The number of rotatable bonds is 4. The molecule has 0 bridgehead atoms. The smallest absolute Gasteiger partial charge is 0.251 e. The van der Waals surface area contributed by atoms with Gasteiger partial charge >= 0.3 is 0 Å². The summed E-state index contributed by atoms with van der Waals surface area (Å²) in [6.07, 6.45) is 6.02. The van der Waals surface area contributed by atoms with Crippen LogP contribution in [-0.2, 0) is 19.5 Å². The van der Waals surface area contributed by atoms with Crippen molar-refractivity contribution in [3.63, 3.8) is 0 Å². The molecule has 0 spiro atoms. The van der Waals surface area contributed by atoms with E-state index >= 15 is 0 Å². The molecule has 4 rings (SSSR count). The van der Waals surface area contributed by atoms with Crippen LogP contribution >= 0.6 is 0 Å². The number of nitrogens with one attached hydrogen (secondary N) is 1. The van der Waals surface area contributed by atoms with Crippen LogP contribution in [0.15, 0.2) is 48.8 Å². The highest BCUT2D eigenvalue weighted by molar-refractivity contribution is 5.94. The van der Waals surface area contributed by atoms with E-state index in [0.29, 0.717) is 12.1 Å². The monoisotopic (exact) mass is 307 g/mol. The van der Waals surface area contributed by atoms with E-state index in [0.717, 1.165) is 36.7 Å². The van der Waals surface area contributed by atoms with E-state index in [-0.39, 0.29) is 5.91 Å². The van der Waals surface area contributed by atoms with Gasteiger partial charge in [0, 0.05) is 36.6 Å². The van der Waals surface area contributed by atoms with E-state index in [2.05, 4.69) is 20.1 Å². The Morgan fingerprint density at radius 3 is 2.70 bits per heavy atom. The molecule has 0 atom stereocenters. The molecule has 23 heavy (non-hydrogen) atoms. The predicted molar refractivity (Wildman–Crippen MR) is 85.3 cm³/mol. The van der Waals surface area contributed by atoms with Gasteiger partial charge in [0.25, 0.3) is 5.91 Å². The Balaban J connectivity index is 1.42. The van der Waals surface area contributed by atoms with Crippen molar-refractivity contribution in [3.8, 4) is 5.69 Å². The Bertz CT molecular complexity index is 817. The van der Waals surface area contributed by atoms with Crippen molar-refractivity contribution < 1.29 is 4.79 Å². The number of nitrogens with zero attached hydrogens (tertiary/aromatic N) is 4. The van der Waals surface area contributed by atoms with Crippen LogP contribution in [0.4, 0.5) is 0 Å². The van der Waals surface area contributed by atoms with Gasteiger partial charge in [-0.1, -0.05) is 0 Å². The summed E-state index contributed by atoms with van der Waals surface area (Å²) in [7, 11) is 0. The second kappa shape index (κ2) is 5.72. The van der Waals surface area contributed by atoms with Crippen LogP contribution in [0.1, 0.15) is 28.4 Å². The van der Waals surface area contributed by atoms with E-state index in [1.165, 1.54) is 0 Å². The first-order chi connectivity index (χ1) is 11.3. The molecule has 6 heteroatoms. The number of benzene rings is 1. The Labute approximate surface area is 133 Å². The summed E-state index contributed by atoms with van der Waals surface area (Å²) < 4.78 is 4.09. The van der Waals surface area contributed by atoms with Gasteiger partial charge in [0.15, 0.2) is 5.82 Å². The summed E-state index contributed by atoms with van der Waals surface area (Å²) in [4.78, 5) is 12.3. The number of aromatic nitrogens is 4. The van der Waals surface area contributed by atoms with Crippen LogP contribution in [-0.4, -0.2) is 25.2 Å². The van der Waals surface area contributed by atoms with Gasteiger partial charge < -0.3 is 14.5 Å². The third-order valence-electron chi connectivity index (χ3n) is 4.13. The highest BCUT2D eigenvalue weighted by Crippen LogP contribution is 2.14. The molecule has 1 amide bonds. The number of carbonyl (C=O) groups is 1. The van der Waals surface area contributed by atoms with Gasteiger partial charge in [-0.15, -0.1) is 10.2 Å². The van der Waals surface area contributed by atoms with Gasteiger partial charge in [-0.05, 0) is 42.8 Å². The first-order valence-corrected chi connectivity index (χ1v) is 7.74. The van der Waals surface area contributed by atoms with Crippen molar-refractivity contribution >= 4 is 5.91 Å². The summed E-state index contributed by atoms with van der Waals surface area (Å²) in [6.45, 7) is 1.35. The minimum Gasteiger partial charge on any atom is -0.345 e. The summed E-state index contributed by atoms with van der Waals surface area (Å²) in [5, 5.41) is 11.2. The fraction of sp³-hybridized carbons (Fsp3) is 0.235. The van der Waals surface area contributed by atoms with Crippen LogP contribution in [0, 0.1) is 0 Å². The molecule has 0 fully saturated rings. The number of aryl methyl sites for hydroxylation is 1. The maximum absolute atomic E-state index is 12.3. The highest BCUT2D eigenvalue weighted by Gasteiger charge is 2.17. The minimum atomic E-state index is -0.0978. The lowest BCUT2D eigenvalue weighted by molar-refractivity contribution is 0.0949. The summed E-state index contributed by atoms with van der Waals surface area (Å²) in [5.74, 6) is 1.75. The fourth-order valence-electron chi connectivity index (χ4n) is 2.89. The van der Waals surface area contributed by atoms with E-state index < -0.39 is 0 Å². The number of hydrogen-bond acceptors (Lipinski definition) is 3. The van der Waals surface area contributed by atoms with E-state index in [1.807, 2.05) is 53.4 Å². The molecule has 2 aromatic heterocycles. The van der Waals surface area contributed by atoms with E-state index in [4.69, 9.17) is 0 Å². The van der Waals surface area contributed by atoms with Crippen molar-refractivity contribution in [1.29, 1.82) is 0 Å². The summed E-state index contributed by atoms with van der Waals surface area (Å²) in [5.41, 5.74) is 1.67. The zero-order valence-corrected chi connectivity index (χ0v) is 12.6. The van der Waals surface area contributed by atoms with Crippen molar-refractivity contribution in [2.75, 3.05) is 0 Å². The zero-order valence-electron chi connectivity index (χ0n) is 12.6. The molecule has 0 unspecified atom stereocenters. The second-order valence-electron chi connectivity index (χ2n) is 5.61. The normalized spacial score (nSPS) is 13.0. The quantitative estimate of drug-likeness (QED) is 0.801. The van der Waals surface area contributed by atoms with Gasteiger partial charge in [0.05, 0.1) is 6.54 Å². The van der Waals surface area contributed by atoms with Crippen molar-refractivity contribution in [3.05, 3.63) is 66.0 Å².